The third-order valence-corrected chi connectivity index (χ3v) is 2.03. The molecule has 1 rings (SSSR count). The number of nitrogens with zero attached hydrogens (tertiary/aromatic N) is 1. The van der Waals surface area contributed by atoms with E-state index in [9.17, 15) is 0 Å². The van der Waals surface area contributed by atoms with Crippen LogP contribution in [0.3, 0.4) is 0 Å². The maximum Gasteiger partial charge on any atom is 0.00157 e. The van der Waals surface area contributed by atoms with Gasteiger partial charge in [0.1, 0.15) is 0 Å². The van der Waals surface area contributed by atoms with Crippen LogP contribution in [-0.2, 0) is 6.42 Å². The molecule has 86 valence electrons. The number of likely N-dealkylation sites (N-methyl/N-ethyl adjacent to an activating group) is 1. The monoisotopic (exact) mass is 228 g/mol. The summed E-state index contributed by atoms with van der Waals surface area (Å²) in [5, 5.41) is 0. The maximum absolute atomic E-state index is 3.76. The van der Waals surface area contributed by atoms with Gasteiger partial charge in [-0.15, -0.1) is 12.4 Å². The molecule has 0 spiro atoms. The van der Waals surface area contributed by atoms with Crippen molar-refractivity contribution in [1.29, 1.82) is 0 Å². The first kappa shape index (κ1) is 16.6. The normalized spacial score (nSPS) is 9.00. The summed E-state index contributed by atoms with van der Waals surface area (Å²) >= 11 is 0. The Kier molecular flexibility index (Phi) is 9.38. The van der Waals surface area contributed by atoms with E-state index in [0.717, 1.165) is 13.0 Å². The fourth-order valence-corrected chi connectivity index (χ4v) is 1.23. The van der Waals surface area contributed by atoms with Crippen LogP contribution < -0.4 is 6.15 Å². The Morgan fingerprint density at radius 2 is 2.00 bits per heavy atom. The van der Waals surface area contributed by atoms with Crippen LogP contribution >= 0.6 is 12.4 Å². The molecule has 1 aromatic carbocycles. The van der Waals surface area contributed by atoms with Gasteiger partial charge in [0.15, 0.2) is 0 Å². The Morgan fingerprint density at radius 3 is 2.53 bits per heavy atom. The predicted molar refractivity (Wildman–Crippen MR) is 71.1 cm³/mol. The molecule has 0 heterocycles. The van der Waals surface area contributed by atoms with Crippen LogP contribution in [0.1, 0.15) is 11.1 Å². The minimum absolute atomic E-state index is 0. The molecular weight excluding hydrogens is 208 g/mol. The topological polar surface area (TPSA) is 38.2 Å². The molecule has 15 heavy (non-hydrogen) atoms. The predicted octanol–water partition coefficient (Wildman–Crippen LogP) is 3.02. The molecule has 0 atom stereocenters. The molecule has 0 aliphatic carbocycles. The summed E-state index contributed by atoms with van der Waals surface area (Å²) < 4.78 is 0. The molecule has 0 aromatic heterocycles. The molecule has 0 aliphatic heterocycles. The smallest absolute Gasteiger partial charge is 0.00157 e. The van der Waals surface area contributed by atoms with Crippen molar-refractivity contribution >= 4 is 18.5 Å². The number of rotatable bonds is 4. The maximum atomic E-state index is 3.76. The van der Waals surface area contributed by atoms with E-state index in [2.05, 4.69) is 49.8 Å². The fraction of sp³-hybridized carbons (Fsp3) is 0.333. The number of benzene rings is 1. The molecule has 0 bridgehead atoms. The highest BCUT2D eigenvalue weighted by Gasteiger charge is 1.94. The zero-order chi connectivity index (χ0) is 9.68. The van der Waals surface area contributed by atoms with Crippen molar-refractivity contribution in [3.8, 4) is 0 Å². The Balaban J connectivity index is 0. The lowest BCUT2D eigenvalue weighted by atomic mass is 10.1. The zero-order valence-electron chi connectivity index (χ0n) is 9.57. The first-order valence-electron chi connectivity index (χ1n) is 4.58. The summed E-state index contributed by atoms with van der Waals surface area (Å²) in [7, 11) is 4.19. The average Bonchev–Trinajstić information content (AvgIpc) is 2.15. The Hall–Kier alpha value is -0.830. The highest BCUT2D eigenvalue weighted by Crippen LogP contribution is 2.07. The van der Waals surface area contributed by atoms with E-state index < -0.39 is 0 Å². The van der Waals surface area contributed by atoms with Gasteiger partial charge in [0.25, 0.3) is 0 Å². The summed E-state index contributed by atoms with van der Waals surface area (Å²) in [4.78, 5) is 2.20. The quantitative estimate of drug-likeness (QED) is 0.861. The van der Waals surface area contributed by atoms with Crippen LogP contribution in [0.25, 0.3) is 6.08 Å². The summed E-state index contributed by atoms with van der Waals surface area (Å²) in [5.41, 5.74) is 2.59. The van der Waals surface area contributed by atoms with E-state index in [1.165, 1.54) is 11.1 Å². The van der Waals surface area contributed by atoms with Crippen molar-refractivity contribution in [2.45, 2.75) is 6.42 Å². The van der Waals surface area contributed by atoms with Crippen LogP contribution in [0.2, 0.25) is 0 Å². The van der Waals surface area contributed by atoms with Crippen molar-refractivity contribution in [2.24, 2.45) is 0 Å². The Morgan fingerprint density at radius 1 is 1.33 bits per heavy atom. The van der Waals surface area contributed by atoms with Crippen LogP contribution in [0.15, 0.2) is 30.8 Å². The molecule has 2 nitrogen and oxygen atoms in total. The molecule has 1 aromatic rings. The van der Waals surface area contributed by atoms with Crippen molar-refractivity contribution in [3.05, 3.63) is 42.0 Å². The molecule has 0 saturated heterocycles. The molecule has 3 heteroatoms. The summed E-state index contributed by atoms with van der Waals surface area (Å²) in [6.07, 6.45) is 2.99. The number of hydrogen-bond acceptors (Lipinski definition) is 2. The van der Waals surface area contributed by atoms with Gasteiger partial charge < -0.3 is 11.1 Å². The summed E-state index contributed by atoms with van der Waals surface area (Å²) in [6, 6.07) is 8.52. The van der Waals surface area contributed by atoms with E-state index in [0.29, 0.717) is 0 Å². The van der Waals surface area contributed by atoms with Gasteiger partial charge in [0.2, 0.25) is 0 Å². The van der Waals surface area contributed by atoms with E-state index in [1.807, 2.05) is 6.08 Å². The van der Waals surface area contributed by atoms with E-state index >= 15 is 0 Å². The second-order valence-corrected chi connectivity index (χ2v) is 3.50. The second kappa shape index (κ2) is 8.48. The summed E-state index contributed by atoms with van der Waals surface area (Å²) in [6.45, 7) is 4.85. The third kappa shape index (κ3) is 6.28. The Labute approximate surface area is 99.0 Å². The van der Waals surface area contributed by atoms with E-state index in [1.54, 1.807) is 0 Å². The van der Waals surface area contributed by atoms with Gasteiger partial charge in [-0.05, 0) is 31.6 Å². The first-order chi connectivity index (χ1) is 6.22. The van der Waals surface area contributed by atoms with Crippen LogP contribution in [0, 0.1) is 0 Å². The molecule has 3 N–H and O–H groups in total. The van der Waals surface area contributed by atoms with Crippen LogP contribution in [0.5, 0.6) is 0 Å². The third-order valence-electron chi connectivity index (χ3n) is 2.03. The average molecular weight is 229 g/mol. The van der Waals surface area contributed by atoms with Crippen LogP contribution in [0.4, 0.5) is 0 Å². The van der Waals surface area contributed by atoms with Gasteiger partial charge in [-0.2, -0.15) is 0 Å². The zero-order valence-corrected chi connectivity index (χ0v) is 10.4. The van der Waals surface area contributed by atoms with Gasteiger partial charge in [0, 0.05) is 6.54 Å². The van der Waals surface area contributed by atoms with E-state index in [-0.39, 0.29) is 18.6 Å². The summed E-state index contributed by atoms with van der Waals surface area (Å²) in [5.74, 6) is 0. The molecule has 0 fully saturated rings. The minimum atomic E-state index is 0. The van der Waals surface area contributed by atoms with Gasteiger partial charge in [0.05, 0.1) is 0 Å². The van der Waals surface area contributed by atoms with Gasteiger partial charge in [-0.1, -0.05) is 36.9 Å². The number of halogens is 1. The lowest BCUT2D eigenvalue weighted by Gasteiger charge is -2.09. The largest absolute Gasteiger partial charge is 0.344 e. The SMILES string of the molecule is C=Cc1cccc(CCN(C)C)c1.Cl.N. The Bertz CT molecular complexity index is 285. The van der Waals surface area contributed by atoms with Crippen LogP contribution in [-0.4, -0.2) is 25.5 Å². The van der Waals surface area contributed by atoms with E-state index in [4.69, 9.17) is 0 Å². The van der Waals surface area contributed by atoms with Gasteiger partial charge in [-0.25, -0.2) is 0 Å². The molecular formula is C12H21ClN2. The number of hydrogen-bond donors (Lipinski definition) is 1. The lowest BCUT2D eigenvalue weighted by molar-refractivity contribution is 0.413. The van der Waals surface area contributed by atoms with Crippen molar-refractivity contribution in [1.82, 2.24) is 11.1 Å². The molecule has 0 radical (unpaired) electrons. The molecule has 0 unspecified atom stereocenters. The van der Waals surface area contributed by atoms with Crippen molar-refractivity contribution in [3.63, 3.8) is 0 Å². The first-order valence-corrected chi connectivity index (χ1v) is 4.58. The standard InChI is InChI=1S/C12H17N.ClH.H3N/c1-4-11-6-5-7-12(10-11)8-9-13(2)3;;/h4-7,10H,1,8-9H2,2-3H3;1H;1H3. The minimum Gasteiger partial charge on any atom is -0.344 e. The lowest BCUT2D eigenvalue weighted by Crippen LogP contribution is -2.14. The highest BCUT2D eigenvalue weighted by molar-refractivity contribution is 5.85. The fourth-order valence-electron chi connectivity index (χ4n) is 1.23. The second-order valence-electron chi connectivity index (χ2n) is 3.50. The molecule has 0 aliphatic rings. The molecule has 0 saturated carbocycles. The van der Waals surface area contributed by atoms with Gasteiger partial charge in [-0.3, -0.25) is 0 Å². The molecule has 0 amide bonds. The van der Waals surface area contributed by atoms with Crippen molar-refractivity contribution in [2.75, 3.05) is 20.6 Å². The highest BCUT2D eigenvalue weighted by atomic mass is 35.5. The van der Waals surface area contributed by atoms with Gasteiger partial charge >= 0.3 is 0 Å². The van der Waals surface area contributed by atoms with Crippen molar-refractivity contribution < 1.29 is 0 Å².